The first-order valence-corrected chi connectivity index (χ1v) is 8.59. The lowest BCUT2D eigenvalue weighted by molar-refractivity contribution is -0.138. The van der Waals surface area contributed by atoms with E-state index in [4.69, 9.17) is 0 Å². The molecule has 120 valence electrons. The molecule has 3 nitrogen and oxygen atoms in total. The van der Waals surface area contributed by atoms with Gasteiger partial charge in [0.1, 0.15) is 0 Å². The summed E-state index contributed by atoms with van der Waals surface area (Å²) >= 11 is 0. The van der Waals surface area contributed by atoms with Crippen molar-refractivity contribution >= 4 is 11.6 Å². The minimum Gasteiger partial charge on any atom is -0.368 e. The van der Waals surface area contributed by atoms with Crippen molar-refractivity contribution < 1.29 is 4.79 Å². The van der Waals surface area contributed by atoms with Gasteiger partial charge in [0, 0.05) is 37.8 Å². The summed E-state index contributed by atoms with van der Waals surface area (Å²) in [6.07, 6.45) is 3.44. The van der Waals surface area contributed by atoms with Gasteiger partial charge in [-0.25, -0.2) is 0 Å². The van der Waals surface area contributed by atoms with Crippen LogP contribution in [0.3, 0.4) is 0 Å². The average molecular weight is 300 g/mol. The molecule has 1 aromatic carbocycles. The number of carbonyl (C=O) groups is 1. The second-order valence-corrected chi connectivity index (χ2v) is 7.74. The Morgan fingerprint density at radius 1 is 1.00 bits per heavy atom. The maximum Gasteiger partial charge on any atom is 0.225 e. The standard InChI is InChI=1S/C19H28N2O/c1-19(2,3)16-7-9-17(10-8-16)20-11-13-21(14-12-20)18(22)15-5-4-6-15/h7-10,15H,4-6,11-14H2,1-3H3. The molecule has 0 aromatic heterocycles. The first-order chi connectivity index (χ1) is 10.4. The number of nitrogens with zero attached hydrogens (tertiary/aromatic N) is 2. The van der Waals surface area contributed by atoms with Crippen LogP contribution < -0.4 is 4.90 Å². The molecular weight excluding hydrogens is 272 g/mol. The van der Waals surface area contributed by atoms with Crippen LogP contribution in [0.15, 0.2) is 24.3 Å². The van der Waals surface area contributed by atoms with Crippen LogP contribution in [-0.4, -0.2) is 37.0 Å². The molecule has 1 amide bonds. The van der Waals surface area contributed by atoms with Crippen LogP contribution in [0.1, 0.15) is 45.6 Å². The summed E-state index contributed by atoms with van der Waals surface area (Å²) in [6.45, 7) is 10.4. The number of carbonyl (C=O) groups excluding carboxylic acids is 1. The Morgan fingerprint density at radius 3 is 2.05 bits per heavy atom. The summed E-state index contributed by atoms with van der Waals surface area (Å²) in [4.78, 5) is 16.8. The average Bonchev–Trinajstić information content (AvgIpc) is 2.45. The lowest BCUT2D eigenvalue weighted by Crippen LogP contribution is -2.51. The van der Waals surface area contributed by atoms with E-state index in [2.05, 4.69) is 54.8 Å². The Bertz CT molecular complexity index is 517. The molecule has 1 saturated carbocycles. The molecule has 3 rings (SSSR count). The van der Waals surface area contributed by atoms with Gasteiger partial charge in [0.2, 0.25) is 5.91 Å². The topological polar surface area (TPSA) is 23.6 Å². The van der Waals surface area contributed by atoms with Gasteiger partial charge in [0.25, 0.3) is 0 Å². The second kappa shape index (κ2) is 5.94. The highest BCUT2D eigenvalue weighted by molar-refractivity contribution is 5.79. The third kappa shape index (κ3) is 3.13. The summed E-state index contributed by atoms with van der Waals surface area (Å²) in [5.74, 6) is 0.728. The maximum absolute atomic E-state index is 12.3. The molecule has 0 atom stereocenters. The quantitative estimate of drug-likeness (QED) is 0.835. The van der Waals surface area contributed by atoms with Crippen LogP contribution in [-0.2, 0) is 10.2 Å². The first-order valence-electron chi connectivity index (χ1n) is 8.59. The molecule has 1 aliphatic carbocycles. The van der Waals surface area contributed by atoms with Gasteiger partial charge in [0.15, 0.2) is 0 Å². The molecule has 0 unspecified atom stereocenters. The maximum atomic E-state index is 12.3. The van der Waals surface area contributed by atoms with Gasteiger partial charge in [-0.2, -0.15) is 0 Å². The lowest BCUT2D eigenvalue weighted by atomic mass is 9.84. The zero-order chi connectivity index (χ0) is 15.7. The summed E-state index contributed by atoms with van der Waals surface area (Å²) < 4.78 is 0. The zero-order valence-corrected chi connectivity index (χ0v) is 14.1. The smallest absolute Gasteiger partial charge is 0.225 e. The fraction of sp³-hybridized carbons (Fsp3) is 0.632. The molecule has 1 saturated heterocycles. The number of anilines is 1. The number of hydrogen-bond donors (Lipinski definition) is 0. The molecule has 22 heavy (non-hydrogen) atoms. The molecule has 3 heteroatoms. The van der Waals surface area contributed by atoms with E-state index in [0.717, 1.165) is 39.0 Å². The van der Waals surface area contributed by atoms with Gasteiger partial charge in [-0.3, -0.25) is 4.79 Å². The lowest BCUT2D eigenvalue weighted by Gasteiger charge is -2.39. The molecule has 0 bridgehead atoms. The Labute approximate surface area is 134 Å². The molecule has 0 radical (unpaired) electrons. The summed E-state index contributed by atoms with van der Waals surface area (Å²) in [5, 5.41) is 0. The fourth-order valence-electron chi connectivity index (χ4n) is 3.27. The SMILES string of the molecule is CC(C)(C)c1ccc(N2CCN(C(=O)C3CCC3)CC2)cc1. The van der Waals surface area contributed by atoms with Gasteiger partial charge in [0.05, 0.1) is 0 Å². The van der Waals surface area contributed by atoms with Crippen molar-refractivity contribution in [2.45, 2.75) is 45.4 Å². The van der Waals surface area contributed by atoms with Crippen molar-refractivity contribution in [2.75, 3.05) is 31.1 Å². The van der Waals surface area contributed by atoms with Crippen molar-refractivity contribution in [3.63, 3.8) is 0 Å². The van der Waals surface area contributed by atoms with Crippen LogP contribution in [0.25, 0.3) is 0 Å². The highest BCUT2D eigenvalue weighted by Crippen LogP contribution is 2.29. The molecular formula is C19H28N2O. The third-order valence-electron chi connectivity index (χ3n) is 5.14. The van der Waals surface area contributed by atoms with E-state index >= 15 is 0 Å². The molecule has 0 N–H and O–H groups in total. The van der Waals surface area contributed by atoms with Gasteiger partial charge in [-0.05, 0) is 36.0 Å². The predicted molar refractivity (Wildman–Crippen MR) is 91.3 cm³/mol. The summed E-state index contributed by atoms with van der Waals surface area (Å²) in [7, 11) is 0. The number of hydrogen-bond acceptors (Lipinski definition) is 2. The fourth-order valence-corrected chi connectivity index (χ4v) is 3.27. The van der Waals surface area contributed by atoms with Crippen molar-refractivity contribution in [2.24, 2.45) is 5.92 Å². The Morgan fingerprint density at radius 2 is 1.59 bits per heavy atom. The van der Waals surface area contributed by atoms with E-state index in [9.17, 15) is 4.79 Å². The minimum absolute atomic E-state index is 0.201. The Hall–Kier alpha value is -1.51. The highest BCUT2D eigenvalue weighted by Gasteiger charge is 2.31. The largest absolute Gasteiger partial charge is 0.368 e. The van der Waals surface area contributed by atoms with Crippen LogP contribution >= 0.6 is 0 Å². The number of benzene rings is 1. The van der Waals surface area contributed by atoms with Gasteiger partial charge >= 0.3 is 0 Å². The molecule has 1 aliphatic heterocycles. The summed E-state index contributed by atoms with van der Waals surface area (Å²) in [6, 6.07) is 8.93. The number of rotatable bonds is 2. The van der Waals surface area contributed by atoms with Gasteiger partial charge in [-0.15, -0.1) is 0 Å². The normalized spacial score (nSPS) is 20.0. The molecule has 1 aromatic rings. The molecule has 0 spiro atoms. The van der Waals surface area contributed by atoms with Crippen molar-refractivity contribution in [1.29, 1.82) is 0 Å². The van der Waals surface area contributed by atoms with Gasteiger partial charge in [-0.1, -0.05) is 39.3 Å². The van der Waals surface area contributed by atoms with Crippen LogP contribution in [0.5, 0.6) is 0 Å². The van der Waals surface area contributed by atoms with E-state index < -0.39 is 0 Å². The minimum atomic E-state index is 0.201. The van der Waals surface area contributed by atoms with E-state index in [1.165, 1.54) is 17.7 Å². The first kappa shape index (κ1) is 15.4. The van der Waals surface area contributed by atoms with Crippen molar-refractivity contribution in [1.82, 2.24) is 4.90 Å². The zero-order valence-electron chi connectivity index (χ0n) is 14.1. The monoisotopic (exact) mass is 300 g/mol. The predicted octanol–water partition coefficient (Wildman–Crippen LogP) is 3.43. The van der Waals surface area contributed by atoms with Crippen LogP contribution in [0.2, 0.25) is 0 Å². The number of piperazine rings is 1. The third-order valence-corrected chi connectivity index (χ3v) is 5.14. The Kier molecular flexibility index (Phi) is 4.16. The summed E-state index contributed by atoms with van der Waals surface area (Å²) in [5.41, 5.74) is 2.85. The van der Waals surface area contributed by atoms with E-state index in [0.29, 0.717) is 11.8 Å². The molecule has 2 fully saturated rings. The van der Waals surface area contributed by atoms with E-state index in [-0.39, 0.29) is 5.41 Å². The van der Waals surface area contributed by atoms with Crippen molar-refractivity contribution in [3.8, 4) is 0 Å². The molecule has 2 aliphatic rings. The second-order valence-electron chi connectivity index (χ2n) is 7.74. The van der Waals surface area contributed by atoms with Crippen LogP contribution in [0.4, 0.5) is 5.69 Å². The highest BCUT2D eigenvalue weighted by atomic mass is 16.2. The molecule has 1 heterocycles. The number of amides is 1. The van der Waals surface area contributed by atoms with E-state index in [1.807, 2.05) is 0 Å². The Balaban J connectivity index is 1.58. The van der Waals surface area contributed by atoms with Crippen molar-refractivity contribution in [3.05, 3.63) is 29.8 Å². The van der Waals surface area contributed by atoms with Crippen LogP contribution in [0, 0.1) is 5.92 Å². The van der Waals surface area contributed by atoms with Gasteiger partial charge < -0.3 is 9.80 Å². The van der Waals surface area contributed by atoms with E-state index in [1.54, 1.807) is 0 Å².